The molecule has 3 rings (SSSR count). The molecule has 0 aromatic heterocycles. The van der Waals surface area contributed by atoms with E-state index in [9.17, 15) is 13.6 Å². The number of halogens is 2. The van der Waals surface area contributed by atoms with Crippen molar-refractivity contribution in [3.63, 3.8) is 0 Å². The first-order chi connectivity index (χ1) is 9.63. The van der Waals surface area contributed by atoms with Crippen LogP contribution in [-0.4, -0.2) is 29.8 Å². The van der Waals surface area contributed by atoms with Gasteiger partial charge in [0.05, 0.1) is 19.8 Å². The molecule has 2 aliphatic rings. The van der Waals surface area contributed by atoms with Gasteiger partial charge < -0.3 is 4.74 Å². The van der Waals surface area contributed by atoms with Gasteiger partial charge in [0.25, 0.3) is 0 Å². The van der Waals surface area contributed by atoms with Gasteiger partial charge in [-0.3, -0.25) is 4.79 Å². The van der Waals surface area contributed by atoms with Gasteiger partial charge in [0.15, 0.2) is 0 Å². The molecule has 2 aliphatic heterocycles. The Labute approximate surface area is 115 Å². The van der Waals surface area contributed by atoms with E-state index in [1.807, 2.05) is 0 Å². The van der Waals surface area contributed by atoms with Crippen molar-refractivity contribution in [2.75, 3.05) is 13.2 Å². The number of benzene rings is 1. The number of nitrogens with zero attached hydrogens (tertiary/aromatic N) is 2. The molecular weight excluding hydrogens is 266 g/mol. The van der Waals surface area contributed by atoms with Crippen molar-refractivity contribution < 1.29 is 18.3 Å². The van der Waals surface area contributed by atoms with Gasteiger partial charge in [-0.25, -0.2) is 13.8 Å². The second-order valence-corrected chi connectivity index (χ2v) is 5.00. The molecule has 1 unspecified atom stereocenters. The fraction of sp³-hybridized carbons (Fsp3) is 0.429. The Morgan fingerprint density at radius 3 is 3.10 bits per heavy atom. The first-order valence-electron chi connectivity index (χ1n) is 6.53. The summed E-state index contributed by atoms with van der Waals surface area (Å²) in [6.07, 6.45) is 0.996. The topological polar surface area (TPSA) is 41.9 Å². The van der Waals surface area contributed by atoms with Gasteiger partial charge >= 0.3 is 0 Å². The molecule has 20 heavy (non-hydrogen) atoms. The zero-order valence-corrected chi connectivity index (χ0v) is 10.8. The molecule has 0 aliphatic carbocycles. The molecular formula is C14H14F2N2O2. The van der Waals surface area contributed by atoms with E-state index in [-0.39, 0.29) is 23.9 Å². The van der Waals surface area contributed by atoms with Crippen LogP contribution in [0.25, 0.3) is 0 Å². The summed E-state index contributed by atoms with van der Waals surface area (Å²) in [4.78, 5) is 12.0. The van der Waals surface area contributed by atoms with E-state index >= 15 is 0 Å². The summed E-state index contributed by atoms with van der Waals surface area (Å²) < 4.78 is 32.1. The van der Waals surface area contributed by atoms with Crippen LogP contribution in [0.1, 0.15) is 18.4 Å². The average Bonchev–Trinajstić information content (AvgIpc) is 2.43. The molecule has 1 fully saturated rings. The molecule has 4 nitrogen and oxygen atoms in total. The number of ether oxygens (including phenoxy) is 1. The van der Waals surface area contributed by atoms with Gasteiger partial charge in [-0.2, -0.15) is 5.10 Å². The highest BCUT2D eigenvalue weighted by Gasteiger charge is 2.31. The van der Waals surface area contributed by atoms with Gasteiger partial charge in [-0.15, -0.1) is 0 Å². The lowest BCUT2D eigenvalue weighted by atomic mass is 9.94. The molecule has 1 saturated heterocycles. The van der Waals surface area contributed by atoms with Crippen LogP contribution in [0.15, 0.2) is 23.3 Å². The fourth-order valence-electron chi connectivity index (χ4n) is 2.49. The van der Waals surface area contributed by atoms with Crippen LogP contribution < -0.4 is 0 Å². The van der Waals surface area contributed by atoms with Crippen LogP contribution in [0.5, 0.6) is 0 Å². The number of hydrogen-bond donors (Lipinski definition) is 0. The maximum atomic E-state index is 13.6. The monoisotopic (exact) mass is 280 g/mol. The SMILES string of the molecule is O=C1CC2COCCC2=NN1Cc1cc(F)ccc1F. The standard InChI is InChI=1S/C14H14F2N2O2/c15-11-1-2-12(16)9(5-11)7-18-14(19)6-10-8-20-4-3-13(10)17-18/h1-2,5,10H,3-4,6-8H2. The Morgan fingerprint density at radius 2 is 2.25 bits per heavy atom. The highest BCUT2D eigenvalue weighted by molar-refractivity contribution is 5.95. The van der Waals surface area contributed by atoms with Crippen LogP contribution >= 0.6 is 0 Å². The molecule has 106 valence electrons. The maximum absolute atomic E-state index is 13.6. The molecule has 6 heteroatoms. The van der Waals surface area contributed by atoms with E-state index in [4.69, 9.17) is 4.74 Å². The summed E-state index contributed by atoms with van der Waals surface area (Å²) in [5, 5.41) is 5.51. The lowest BCUT2D eigenvalue weighted by Crippen LogP contribution is -2.41. The second-order valence-electron chi connectivity index (χ2n) is 5.00. The zero-order chi connectivity index (χ0) is 14.1. The minimum absolute atomic E-state index is 0.0323. The number of carbonyl (C=O) groups excluding carboxylic acids is 1. The largest absolute Gasteiger partial charge is 0.380 e. The van der Waals surface area contributed by atoms with E-state index in [2.05, 4.69) is 5.10 Å². The number of carbonyl (C=O) groups is 1. The lowest BCUT2D eigenvalue weighted by Gasteiger charge is -2.32. The highest BCUT2D eigenvalue weighted by Crippen LogP contribution is 2.24. The van der Waals surface area contributed by atoms with E-state index < -0.39 is 11.6 Å². The predicted molar refractivity (Wildman–Crippen MR) is 67.9 cm³/mol. The molecule has 0 spiro atoms. The molecule has 2 heterocycles. The summed E-state index contributed by atoms with van der Waals surface area (Å²) in [6, 6.07) is 3.21. The Kier molecular flexibility index (Phi) is 3.48. The third kappa shape index (κ3) is 2.56. The van der Waals surface area contributed by atoms with Crippen molar-refractivity contribution in [1.29, 1.82) is 0 Å². The number of rotatable bonds is 2. The summed E-state index contributed by atoms with van der Waals surface area (Å²) >= 11 is 0. The normalized spacial score (nSPS) is 22.5. The van der Waals surface area contributed by atoms with Gasteiger partial charge in [0.2, 0.25) is 5.91 Å². The number of amides is 1. The first-order valence-corrected chi connectivity index (χ1v) is 6.53. The third-order valence-corrected chi connectivity index (χ3v) is 3.58. The van der Waals surface area contributed by atoms with Crippen molar-refractivity contribution in [3.05, 3.63) is 35.4 Å². The van der Waals surface area contributed by atoms with Gasteiger partial charge in [-0.05, 0) is 18.2 Å². The Bertz CT molecular complexity index is 574. The fourth-order valence-corrected chi connectivity index (χ4v) is 2.49. The summed E-state index contributed by atoms with van der Waals surface area (Å²) in [6.45, 7) is 1.05. The van der Waals surface area contributed by atoms with Gasteiger partial charge in [-0.1, -0.05) is 0 Å². The van der Waals surface area contributed by atoms with Crippen molar-refractivity contribution in [2.45, 2.75) is 19.4 Å². The third-order valence-electron chi connectivity index (χ3n) is 3.58. The first kappa shape index (κ1) is 13.2. The van der Waals surface area contributed by atoms with Crippen molar-refractivity contribution in [1.82, 2.24) is 5.01 Å². The molecule has 0 bridgehead atoms. The maximum Gasteiger partial charge on any atom is 0.243 e. The number of fused-ring (bicyclic) bond motifs is 1. The Morgan fingerprint density at radius 1 is 1.40 bits per heavy atom. The van der Waals surface area contributed by atoms with Crippen LogP contribution in [0.2, 0.25) is 0 Å². The smallest absolute Gasteiger partial charge is 0.243 e. The quantitative estimate of drug-likeness (QED) is 0.832. The molecule has 0 saturated carbocycles. The van der Waals surface area contributed by atoms with Crippen molar-refractivity contribution in [3.8, 4) is 0 Å². The molecule has 1 aromatic carbocycles. The van der Waals surface area contributed by atoms with Crippen molar-refractivity contribution >= 4 is 11.6 Å². The molecule has 0 N–H and O–H groups in total. The number of hydrazone groups is 1. The Hall–Kier alpha value is -1.82. The minimum Gasteiger partial charge on any atom is -0.380 e. The molecule has 1 aromatic rings. The average molecular weight is 280 g/mol. The van der Waals surface area contributed by atoms with E-state index in [0.717, 1.165) is 23.9 Å². The summed E-state index contributed by atoms with van der Waals surface area (Å²) in [5.41, 5.74) is 1.04. The van der Waals surface area contributed by atoms with Crippen LogP contribution in [0.3, 0.4) is 0 Å². The zero-order valence-electron chi connectivity index (χ0n) is 10.8. The molecule has 1 atom stereocenters. The molecule has 0 radical (unpaired) electrons. The van der Waals surface area contributed by atoms with Crippen LogP contribution in [-0.2, 0) is 16.1 Å². The van der Waals surface area contributed by atoms with Crippen LogP contribution in [0, 0.1) is 17.6 Å². The number of hydrogen-bond acceptors (Lipinski definition) is 3. The van der Waals surface area contributed by atoms with Gasteiger partial charge in [0.1, 0.15) is 11.6 Å². The van der Waals surface area contributed by atoms with Crippen LogP contribution in [0.4, 0.5) is 8.78 Å². The van der Waals surface area contributed by atoms with E-state index in [0.29, 0.717) is 26.1 Å². The van der Waals surface area contributed by atoms with E-state index in [1.165, 1.54) is 5.01 Å². The van der Waals surface area contributed by atoms with Gasteiger partial charge in [0, 0.05) is 30.0 Å². The highest BCUT2D eigenvalue weighted by atomic mass is 19.1. The lowest BCUT2D eigenvalue weighted by molar-refractivity contribution is -0.134. The molecule has 1 amide bonds. The van der Waals surface area contributed by atoms with E-state index in [1.54, 1.807) is 0 Å². The van der Waals surface area contributed by atoms with Crippen molar-refractivity contribution in [2.24, 2.45) is 11.0 Å². The second kappa shape index (κ2) is 5.28. The summed E-state index contributed by atoms with van der Waals surface area (Å²) in [7, 11) is 0. The predicted octanol–water partition coefficient (Wildman–Crippen LogP) is 2.09. The minimum atomic E-state index is -0.534. The summed E-state index contributed by atoms with van der Waals surface area (Å²) in [5.74, 6) is -1.21. The Balaban J connectivity index is 1.83.